The lowest BCUT2D eigenvalue weighted by Crippen LogP contribution is -2.80. The third-order valence-electron chi connectivity index (χ3n) is 12.7. The van der Waals surface area contributed by atoms with Gasteiger partial charge in [-0.05, 0) is 38.3 Å². The molecule has 11 heteroatoms. The topological polar surface area (TPSA) is 147 Å². The van der Waals surface area contributed by atoms with Crippen molar-refractivity contribution < 1.29 is 43.4 Å². The third kappa shape index (κ3) is 2.87. The first kappa shape index (κ1) is 28.6. The summed E-state index contributed by atoms with van der Waals surface area (Å²) < 4.78 is 23.8. The molecule has 1 heterocycles. The molecule has 5 aliphatic carbocycles. The van der Waals surface area contributed by atoms with Gasteiger partial charge in [-0.1, -0.05) is 12.1 Å². The van der Waals surface area contributed by atoms with Crippen LogP contribution >= 0.6 is 0 Å². The summed E-state index contributed by atoms with van der Waals surface area (Å²) >= 11 is 0. The molecular formula is C31H42N2O9. The van der Waals surface area contributed by atoms with Crippen molar-refractivity contribution in [3.8, 4) is 0 Å². The first-order chi connectivity index (χ1) is 20.0. The first-order valence-corrected chi connectivity index (χ1v) is 15.2. The number of nitrogens with one attached hydrogen (secondary N) is 1. The molecule has 1 spiro atoms. The number of carbonyl (C=O) groups excluding carboxylic acids is 2. The van der Waals surface area contributed by atoms with Crippen LogP contribution in [-0.2, 0) is 23.7 Å². The number of para-hydroxylation sites is 1. The summed E-state index contributed by atoms with van der Waals surface area (Å²) in [5.41, 5.74) is -5.01. The number of rotatable bonds is 7. The van der Waals surface area contributed by atoms with Crippen LogP contribution in [-0.4, -0.2) is 95.9 Å². The molecule has 1 amide bonds. The van der Waals surface area contributed by atoms with Gasteiger partial charge in [0.15, 0.2) is 0 Å². The molecule has 6 fully saturated rings. The number of esters is 1. The fraction of sp³-hybridized carbons (Fsp3) is 0.742. The van der Waals surface area contributed by atoms with E-state index in [1.165, 1.54) is 6.92 Å². The van der Waals surface area contributed by atoms with Gasteiger partial charge in [0.1, 0.15) is 17.2 Å². The predicted octanol–water partition coefficient (Wildman–Crippen LogP) is 2.19. The summed E-state index contributed by atoms with van der Waals surface area (Å²) in [6.07, 6.45) is 0.547. The molecule has 11 nitrogen and oxygen atoms in total. The zero-order valence-corrected chi connectivity index (χ0v) is 24.9. The fourth-order valence-corrected chi connectivity index (χ4v) is 11.8. The van der Waals surface area contributed by atoms with Crippen LogP contribution in [0.25, 0.3) is 0 Å². The van der Waals surface area contributed by atoms with Crippen LogP contribution in [0.2, 0.25) is 0 Å². The maximum atomic E-state index is 15.6. The van der Waals surface area contributed by atoms with Crippen LogP contribution in [0.1, 0.15) is 56.3 Å². The van der Waals surface area contributed by atoms with E-state index in [-0.39, 0.29) is 42.6 Å². The lowest BCUT2D eigenvalue weighted by molar-refractivity contribution is -0.975. The molecule has 230 valence electrons. The Morgan fingerprint density at radius 3 is 2.48 bits per heavy atom. The Morgan fingerprint density at radius 2 is 1.83 bits per heavy atom. The van der Waals surface area contributed by atoms with E-state index in [0.29, 0.717) is 31.4 Å². The maximum absolute atomic E-state index is 15.6. The van der Waals surface area contributed by atoms with Gasteiger partial charge in [-0.15, -0.1) is 0 Å². The first-order valence-electron chi connectivity index (χ1n) is 15.2. The number of ether oxygens (including phenoxy) is 4. The van der Waals surface area contributed by atoms with E-state index >= 15 is 5.21 Å². The number of hydrogen-bond acceptors (Lipinski definition) is 9. The summed E-state index contributed by atoms with van der Waals surface area (Å²) in [6.45, 7) is 3.31. The van der Waals surface area contributed by atoms with E-state index in [1.54, 1.807) is 45.6 Å². The highest BCUT2D eigenvalue weighted by molar-refractivity contribution is 6.00. The second-order valence-electron chi connectivity index (χ2n) is 13.5. The van der Waals surface area contributed by atoms with Gasteiger partial charge >= 0.3 is 5.97 Å². The van der Waals surface area contributed by atoms with Crippen LogP contribution in [0.3, 0.4) is 0 Å². The monoisotopic (exact) mass is 586 g/mol. The van der Waals surface area contributed by atoms with E-state index in [0.717, 1.165) is 0 Å². The summed E-state index contributed by atoms with van der Waals surface area (Å²) in [7, 11) is 4.84. The van der Waals surface area contributed by atoms with Crippen molar-refractivity contribution in [2.24, 2.45) is 29.1 Å². The molecule has 7 bridgehead atoms. The van der Waals surface area contributed by atoms with Crippen molar-refractivity contribution in [1.82, 2.24) is 0 Å². The number of likely N-dealkylation sites (tertiary alicyclic amines) is 1. The maximum Gasteiger partial charge on any atom is 0.344 e. The van der Waals surface area contributed by atoms with E-state index in [1.807, 2.05) is 6.92 Å². The van der Waals surface area contributed by atoms with Gasteiger partial charge in [0.25, 0.3) is 5.72 Å². The molecule has 1 aromatic carbocycles. The lowest BCUT2D eigenvalue weighted by Gasteiger charge is -2.65. The number of carbonyl (C=O) groups is 2. The summed E-state index contributed by atoms with van der Waals surface area (Å²) in [6, 6.07) is 5.98. The molecular weight excluding hydrogens is 544 g/mol. The number of amides is 1. The Morgan fingerprint density at radius 1 is 1.10 bits per heavy atom. The molecule has 3 N–H and O–H groups in total. The molecule has 0 aromatic heterocycles. The van der Waals surface area contributed by atoms with Gasteiger partial charge in [-0.25, -0.2) is 4.79 Å². The molecule has 1 saturated heterocycles. The Bertz CT molecular complexity index is 1330. The van der Waals surface area contributed by atoms with Gasteiger partial charge in [0.05, 0.1) is 47.4 Å². The van der Waals surface area contributed by atoms with Crippen LogP contribution in [0.15, 0.2) is 24.3 Å². The number of benzene rings is 1. The quantitative estimate of drug-likeness (QED) is 0.249. The van der Waals surface area contributed by atoms with Crippen molar-refractivity contribution in [2.75, 3.05) is 33.2 Å². The highest BCUT2D eigenvalue weighted by Crippen LogP contribution is 2.83. The van der Waals surface area contributed by atoms with Crippen LogP contribution in [0, 0.1) is 34.3 Å². The number of quaternary nitrogens is 1. The van der Waals surface area contributed by atoms with Crippen LogP contribution in [0.4, 0.5) is 5.69 Å². The highest BCUT2D eigenvalue weighted by atomic mass is 16.7. The van der Waals surface area contributed by atoms with Crippen molar-refractivity contribution in [2.45, 2.75) is 87.2 Å². The molecule has 42 heavy (non-hydrogen) atoms. The normalized spacial score (nSPS) is 51.0. The minimum atomic E-state index is -1.62. The number of aliphatic hydroxyl groups is 2. The largest absolute Gasteiger partial charge is 0.630 e. The standard InChI is InChI=1S/C31H42N2O9/c1-6-33(38)25-19-14-22-29(33,42-27(35)17-9-7-8-10-20(17)32-16(2)34)12-11-24(40-4)30(22,25)23-13-18-21(39-3)15-28(19,36)31(23,37)26(18)41-5/h7-10,18-19,21-26,36-37H,6,11-15H2,1-5H3,(H,32,34)/t18-,19+,21+,22+,23-,24+,25-,26-,28-,29-,30-,31-,33-/m0/s1. The molecule has 0 radical (unpaired) electrons. The second-order valence-corrected chi connectivity index (χ2v) is 13.5. The molecule has 13 atom stereocenters. The number of hydrogen-bond donors (Lipinski definition) is 3. The number of fused-ring (bicyclic) bond motifs is 2. The van der Waals surface area contributed by atoms with Gasteiger partial charge < -0.3 is 44.3 Å². The van der Waals surface area contributed by atoms with Crippen LogP contribution < -0.4 is 5.32 Å². The van der Waals surface area contributed by atoms with Gasteiger partial charge in [0, 0.05) is 58.8 Å². The van der Waals surface area contributed by atoms with E-state index in [4.69, 9.17) is 18.9 Å². The van der Waals surface area contributed by atoms with Gasteiger partial charge in [-0.3, -0.25) is 4.79 Å². The highest BCUT2D eigenvalue weighted by Gasteiger charge is 2.95. The molecule has 7 rings (SSSR count). The number of methoxy groups -OCH3 is 3. The summed E-state index contributed by atoms with van der Waals surface area (Å²) in [5.74, 6) is -2.70. The minimum Gasteiger partial charge on any atom is -0.630 e. The smallest absolute Gasteiger partial charge is 0.344 e. The molecule has 1 aromatic rings. The Kier molecular flexibility index (Phi) is 6.11. The zero-order valence-electron chi connectivity index (χ0n) is 24.9. The lowest BCUT2D eigenvalue weighted by atomic mass is 9.48. The SMILES string of the molecule is CC[N@+]1([O-])[C@H]2[C@H]3C[C@H]4[C@@]2([C@H](OC)CC[C@]41OC(=O)c1ccccc1NC(C)=O)[C@@H]1C[C@H]2[C@H](OC)C[C@@]3(O)[C@@]1(O)[C@H]2OC. The van der Waals surface area contributed by atoms with E-state index in [9.17, 15) is 19.8 Å². The number of anilines is 1. The fourth-order valence-electron chi connectivity index (χ4n) is 11.8. The Labute approximate surface area is 245 Å². The Hall–Kier alpha value is -2.12. The number of nitrogens with zero attached hydrogens (tertiary/aromatic N) is 1. The van der Waals surface area contributed by atoms with Crippen molar-refractivity contribution >= 4 is 17.6 Å². The van der Waals surface area contributed by atoms with Crippen molar-refractivity contribution in [1.29, 1.82) is 0 Å². The summed E-state index contributed by atoms with van der Waals surface area (Å²) in [4.78, 5) is 25.9. The second kappa shape index (κ2) is 8.97. The average Bonchev–Trinajstić information content (AvgIpc) is 3.49. The molecule has 0 unspecified atom stereocenters. The van der Waals surface area contributed by atoms with E-state index in [2.05, 4.69) is 5.32 Å². The van der Waals surface area contributed by atoms with Crippen LogP contribution in [0.5, 0.6) is 0 Å². The van der Waals surface area contributed by atoms with Crippen molar-refractivity contribution in [3.63, 3.8) is 0 Å². The van der Waals surface area contributed by atoms with Gasteiger partial charge in [-0.2, -0.15) is 0 Å². The third-order valence-corrected chi connectivity index (χ3v) is 12.7. The number of hydroxylamine groups is 3. The molecule has 6 aliphatic rings. The van der Waals surface area contributed by atoms with E-state index < -0.39 is 62.9 Å². The average molecular weight is 587 g/mol. The molecule has 5 saturated carbocycles. The predicted molar refractivity (Wildman–Crippen MR) is 149 cm³/mol. The Balaban J connectivity index is 1.40. The van der Waals surface area contributed by atoms with Gasteiger partial charge in [0.2, 0.25) is 5.91 Å². The van der Waals surface area contributed by atoms with Crippen molar-refractivity contribution in [3.05, 3.63) is 35.0 Å². The zero-order chi connectivity index (χ0) is 30.0. The summed E-state index contributed by atoms with van der Waals surface area (Å²) in [5, 5.41) is 43.7. The number of piperidine rings is 1. The molecule has 1 aliphatic heterocycles. The minimum absolute atomic E-state index is 0.128.